The molecule has 78 heavy (non-hydrogen) atoms. The third kappa shape index (κ3) is 15.7. The van der Waals surface area contributed by atoms with E-state index in [1.54, 1.807) is 49.1 Å². The van der Waals surface area contributed by atoms with Crippen molar-refractivity contribution in [3.05, 3.63) is 125 Å². The van der Waals surface area contributed by atoms with Crippen LogP contribution in [0, 0.1) is 24.7 Å². The van der Waals surface area contributed by atoms with Crippen LogP contribution >= 0.6 is 11.6 Å². The van der Waals surface area contributed by atoms with E-state index in [0.717, 1.165) is 40.0 Å². The molecule has 6 rings (SSSR count). The van der Waals surface area contributed by atoms with Gasteiger partial charge in [0.2, 0.25) is 17.7 Å². The number of nitrogens with one attached hydrogen (secondary N) is 2. The van der Waals surface area contributed by atoms with E-state index in [4.69, 9.17) is 41.3 Å². The first-order valence-electron chi connectivity index (χ1n) is 27.4. The summed E-state index contributed by atoms with van der Waals surface area (Å²) in [6, 6.07) is 23.1. The molecule has 2 aromatic heterocycles. The molecule has 1 saturated heterocycles. The standard InChI is InChI=1S/C61H82ClN7O9/c1-12-39(6)55(67(9)60(73)54(63)37(2)3)52(75-10)35-53(70)69-30-17-21-50(69)56(76-11)41(8)58(71)66-48(33-42-19-14-13-15-20-42)61(74)77-31-28-46(64-59(72)45-26-27-51(47(62)34-45)78-38(4)5)32-43-22-24-44(25-23-43)49-36-68-29-16-18-40(7)57(68)65-49/h13-16,18-20,22-27,29,34,36-39,41,46,48,50,52,54-56H,12,17,21,28,30-33,35,63H2,1-11H3,(H,64,72)(H,66,71)/t39-,41+,46+,48-,50-,52+,54-,55-,56+/m0/s1. The molecule has 4 N–H and O–H groups in total. The molecule has 0 aliphatic carbocycles. The number of likely N-dealkylation sites (N-methyl/N-ethyl adjacent to an activating group) is 1. The van der Waals surface area contributed by atoms with Crippen molar-refractivity contribution in [1.29, 1.82) is 0 Å². The van der Waals surface area contributed by atoms with E-state index in [9.17, 15) is 24.0 Å². The number of aromatic nitrogens is 2. The van der Waals surface area contributed by atoms with Gasteiger partial charge in [-0.15, -0.1) is 0 Å². The topological polar surface area (TPSA) is 196 Å². The zero-order chi connectivity index (χ0) is 56.8. The highest BCUT2D eigenvalue weighted by Gasteiger charge is 2.43. The van der Waals surface area contributed by atoms with Crippen molar-refractivity contribution in [1.82, 2.24) is 29.8 Å². The van der Waals surface area contributed by atoms with Gasteiger partial charge in [-0.25, -0.2) is 9.78 Å². The number of esters is 1. The molecule has 0 unspecified atom stereocenters. The Balaban J connectivity index is 1.16. The smallest absolute Gasteiger partial charge is 0.328 e. The number of nitrogens with two attached hydrogens (primary N) is 1. The summed E-state index contributed by atoms with van der Waals surface area (Å²) in [4.78, 5) is 78.7. The molecule has 5 aromatic rings. The van der Waals surface area contributed by atoms with Gasteiger partial charge in [0.25, 0.3) is 5.91 Å². The number of ether oxygens (including phenoxy) is 4. The Labute approximate surface area is 466 Å². The number of benzene rings is 3. The van der Waals surface area contributed by atoms with Gasteiger partial charge in [-0.2, -0.15) is 0 Å². The molecular formula is C61H82ClN7O9. The number of nitrogens with zero attached hydrogens (tertiary/aromatic N) is 4. The summed E-state index contributed by atoms with van der Waals surface area (Å²) >= 11 is 6.56. The van der Waals surface area contributed by atoms with E-state index < -0.39 is 60.2 Å². The summed E-state index contributed by atoms with van der Waals surface area (Å²) in [5.41, 5.74) is 12.1. The zero-order valence-corrected chi connectivity index (χ0v) is 48.1. The van der Waals surface area contributed by atoms with Crippen molar-refractivity contribution in [2.24, 2.45) is 23.5 Å². The van der Waals surface area contributed by atoms with Gasteiger partial charge in [-0.05, 0) is 92.8 Å². The number of rotatable bonds is 27. The number of halogens is 1. The van der Waals surface area contributed by atoms with Crippen molar-refractivity contribution in [3.8, 4) is 17.0 Å². The van der Waals surface area contributed by atoms with Gasteiger partial charge in [0.05, 0.1) is 66.1 Å². The minimum absolute atomic E-state index is 0.00147. The summed E-state index contributed by atoms with van der Waals surface area (Å²) in [5.74, 6) is -2.22. The lowest BCUT2D eigenvalue weighted by Crippen LogP contribution is -2.56. The Kier molecular flexibility index (Phi) is 22.3. The lowest BCUT2D eigenvalue weighted by Gasteiger charge is -2.40. The normalized spacial score (nSPS) is 16.7. The monoisotopic (exact) mass is 1090 g/mol. The summed E-state index contributed by atoms with van der Waals surface area (Å²) in [6.45, 7) is 15.8. The minimum Gasteiger partial charge on any atom is -0.489 e. The first kappa shape index (κ1) is 60.9. The number of pyridine rings is 1. The predicted molar refractivity (Wildman–Crippen MR) is 304 cm³/mol. The van der Waals surface area contributed by atoms with Gasteiger partial charge >= 0.3 is 5.97 Å². The van der Waals surface area contributed by atoms with Crippen molar-refractivity contribution in [3.63, 3.8) is 0 Å². The number of fused-ring (bicyclic) bond motifs is 1. The molecule has 0 saturated carbocycles. The van der Waals surface area contributed by atoms with E-state index in [-0.39, 0.29) is 61.5 Å². The second-order valence-corrected chi connectivity index (χ2v) is 21.9. The van der Waals surface area contributed by atoms with E-state index >= 15 is 0 Å². The van der Waals surface area contributed by atoms with Gasteiger partial charge in [0.1, 0.15) is 17.4 Å². The summed E-state index contributed by atoms with van der Waals surface area (Å²) < 4.78 is 25.9. The van der Waals surface area contributed by atoms with Crippen LogP contribution in [0.1, 0.15) is 108 Å². The first-order chi connectivity index (χ1) is 37.2. The van der Waals surface area contributed by atoms with E-state index in [0.29, 0.717) is 42.1 Å². The number of imidazole rings is 1. The number of methoxy groups -OCH3 is 2. The lowest BCUT2D eigenvalue weighted by molar-refractivity contribution is -0.150. The van der Waals surface area contributed by atoms with Crippen molar-refractivity contribution < 1.29 is 42.9 Å². The number of hydrogen-bond donors (Lipinski definition) is 3. The van der Waals surface area contributed by atoms with Gasteiger partial charge in [0, 0.05) is 70.2 Å². The van der Waals surface area contributed by atoms with Crippen LogP contribution in [0.25, 0.3) is 16.9 Å². The van der Waals surface area contributed by atoms with Gasteiger partial charge in [-0.3, -0.25) is 19.2 Å². The fraction of sp³-hybridized carbons (Fsp3) is 0.508. The van der Waals surface area contributed by atoms with Crippen LogP contribution < -0.4 is 21.1 Å². The van der Waals surface area contributed by atoms with Gasteiger partial charge in [0.15, 0.2) is 0 Å². The van der Waals surface area contributed by atoms with Crippen LogP contribution in [0.5, 0.6) is 5.75 Å². The highest BCUT2D eigenvalue weighted by Crippen LogP contribution is 2.31. The predicted octanol–water partition coefficient (Wildman–Crippen LogP) is 8.66. The van der Waals surface area contributed by atoms with Crippen molar-refractivity contribution in [2.75, 3.05) is 34.4 Å². The fourth-order valence-electron chi connectivity index (χ4n) is 10.4. The molecule has 16 nitrogen and oxygen atoms in total. The maximum absolute atomic E-state index is 14.4. The van der Waals surface area contributed by atoms with Gasteiger partial charge < -0.3 is 49.5 Å². The second-order valence-electron chi connectivity index (χ2n) is 21.5. The van der Waals surface area contributed by atoms with Crippen LogP contribution in [0.15, 0.2) is 97.3 Å². The molecule has 1 fully saturated rings. The Bertz CT molecular complexity index is 2790. The minimum atomic E-state index is -1.08. The van der Waals surface area contributed by atoms with Crippen LogP contribution in [-0.2, 0) is 46.2 Å². The molecule has 1 aliphatic rings. The maximum atomic E-state index is 14.4. The molecule has 0 spiro atoms. The SMILES string of the molecule is CC[C@H](C)[C@@H]([C@@H](CC(=O)N1CCC[C@H]1[C@H](OC)[C@@H](C)C(=O)N[C@@H](Cc1ccccc1)C(=O)OCC[C@H](Cc1ccc(-c2cn3cccc(C)c3n2)cc1)NC(=O)c1ccc(OC(C)C)c(Cl)c1)OC)N(C)C(=O)[C@@H](N)C(C)C. The Morgan fingerprint density at radius 1 is 0.885 bits per heavy atom. The number of carbonyl (C=O) groups is 5. The third-order valence-electron chi connectivity index (χ3n) is 15.2. The number of hydrogen-bond acceptors (Lipinski definition) is 11. The third-order valence-corrected chi connectivity index (χ3v) is 15.5. The number of aryl methyl sites for hydroxylation is 1. The molecule has 0 bridgehead atoms. The molecule has 0 radical (unpaired) electrons. The maximum Gasteiger partial charge on any atom is 0.328 e. The highest BCUT2D eigenvalue weighted by molar-refractivity contribution is 6.32. The quantitative estimate of drug-likeness (QED) is 0.0426. The van der Waals surface area contributed by atoms with E-state index in [1.165, 1.54) is 7.11 Å². The van der Waals surface area contributed by atoms with Crippen molar-refractivity contribution >= 4 is 46.8 Å². The summed E-state index contributed by atoms with van der Waals surface area (Å²) in [5, 5.41) is 6.43. The van der Waals surface area contributed by atoms with Crippen LogP contribution in [0.2, 0.25) is 5.02 Å². The second kappa shape index (κ2) is 28.5. The van der Waals surface area contributed by atoms with Crippen LogP contribution in [0.3, 0.4) is 0 Å². The number of carbonyl (C=O) groups excluding carboxylic acids is 5. The average Bonchev–Trinajstić information content (AvgIpc) is 4.11. The molecule has 3 heterocycles. The molecule has 17 heteroatoms. The molecule has 4 amide bonds. The highest BCUT2D eigenvalue weighted by atomic mass is 35.5. The first-order valence-corrected chi connectivity index (χ1v) is 27.8. The molecular weight excluding hydrogens is 1010 g/mol. The summed E-state index contributed by atoms with van der Waals surface area (Å²) in [7, 11) is 4.81. The van der Waals surface area contributed by atoms with Crippen LogP contribution in [-0.4, -0.2) is 132 Å². The molecule has 1 aliphatic heterocycles. The van der Waals surface area contributed by atoms with E-state index in [1.807, 2.05) is 132 Å². The molecule has 3 aromatic carbocycles. The Morgan fingerprint density at radius 2 is 1.59 bits per heavy atom. The fourth-order valence-corrected chi connectivity index (χ4v) is 10.7. The molecule has 422 valence electrons. The number of likely N-dealkylation sites (tertiary alicyclic amines) is 1. The largest absolute Gasteiger partial charge is 0.489 e. The Morgan fingerprint density at radius 3 is 2.22 bits per heavy atom. The van der Waals surface area contributed by atoms with Crippen molar-refractivity contribution in [2.45, 2.75) is 149 Å². The number of amides is 4. The van der Waals surface area contributed by atoms with Crippen LogP contribution in [0.4, 0.5) is 0 Å². The van der Waals surface area contributed by atoms with Gasteiger partial charge in [-0.1, -0.05) is 113 Å². The van der Waals surface area contributed by atoms with E-state index in [2.05, 4.69) is 10.6 Å². The summed E-state index contributed by atoms with van der Waals surface area (Å²) in [6.07, 6.45) is 5.36. The zero-order valence-electron chi connectivity index (χ0n) is 47.4. The lowest BCUT2D eigenvalue weighted by atomic mass is 9.89. The Hall–Kier alpha value is -6.33. The average molecular weight is 1090 g/mol. The molecule has 9 atom stereocenters.